The fourth-order valence-electron chi connectivity index (χ4n) is 6.21. The van der Waals surface area contributed by atoms with Gasteiger partial charge in [-0.2, -0.15) is 0 Å². The number of carbonyl (C=O) groups excluding carboxylic acids is 3. The second kappa shape index (κ2) is 13.7. The molecule has 2 amide bonds. The summed E-state index contributed by atoms with van der Waals surface area (Å²) < 4.78 is 60.6. The van der Waals surface area contributed by atoms with Gasteiger partial charge >= 0.3 is 12.1 Å². The maximum absolute atomic E-state index is 15.0. The van der Waals surface area contributed by atoms with Crippen molar-refractivity contribution in [2.45, 2.75) is 71.6 Å². The summed E-state index contributed by atoms with van der Waals surface area (Å²) in [4.78, 5) is 48.7. The fourth-order valence-corrected chi connectivity index (χ4v) is 6.21. The first-order valence-electron chi connectivity index (χ1n) is 15.6. The lowest BCUT2D eigenvalue weighted by molar-refractivity contribution is -0.146. The van der Waals surface area contributed by atoms with Crippen molar-refractivity contribution in [1.29, 1.82) is 0 Å². The number of anilines is 2. The molecule has 14 heteroatoms. The quantitative estimate of drug-likeness (QED) is 0.286. The molecule has 0 radical (unpaired) electrons. The number of benzene rings is 1. The summed E-state index contributed by atoms with van der Waals surface area (Å²) in [7, 11) is 1.18. The first kappa shape index (κ1) is 34.5. The molecular formula is C34H38F3N5O6. The molecular weight excluding hydrogens is 631 g/mol. The van der Waals surface area contributed by atoms with Crippen molar-refractivity contribution in [1.82, 2.24) is 15.3 Å². The number of nitrogens with one attached hydrogen (secondary N) is 2. The zero-order valence-corrected chi connectivity index (χ0v) is 27.6. The Morgan fingerprint density at radius 1 is 1.04 bits per heavy atom. The number of aromatic nitrogens is 2. The number of pyridine rings is 2. The monoisotopic (exact) mass is 669 g/mol. The van der Waals surface area contributed by atoms with Crippen LogP contribution >= 0.6 is 0 Å². The van der Waals surface area contributed by atoms with Crippen LogP contribution in [0.4, 0.5) is 29.3 Å². The highest BCUT2D eigenvalue weighted by Gasteiger charge is 2.36. The molecule has 0 bridgehead atoms. The van der Waals surface area contributed by atoms with Crippen LogP contribution < -0.4 is 20.3 Å². The van der Waals surface area contributed by atoms with Gasteiger partial charge in [0.05, 0.1) is 35.9 Å². The average Bonchev–Trinajstić information content (AvgIpc) is 3.38. The number of amides is 2. The molecule has 2 aromatic heterocycles. The first-order chi connectivity index (χ1) is 22.6. The van der Waals surface area contributed by atoms with Crippen molar-refractivity contribution >= 4 is 29.3 Å². The maximum atomic E-state index is 15.0. The molecule has 11 nitrogen and oxygen atoms in total. The van der Waals surface area contributed by atoms with Crippen LogP contribution in [0.3, 0.4) is 0 Å². The van der Waals surface area contributed by atoms with Gasteiger partial charge in [-0.05, 0) is 70.2 Å². The minimum absolute atomic E-state index is 0.116. The second-order valence-corrected chi connectivity index (χ2v) is 13.0. The van der Waals surface area contributed by atoms with Gasteiger partial charge in [0.2, 0.25) is 0 Å². The highest BCUT2D eigenvalue weighted by atomic mass is 19.1. The minimum atomic E-state index is -1.16. The van der Waals surface area contributed by atoms with Crippen molar-refractivity contribution in [2.75, 3.05) is 30.4 Å². The minimum Gasteiger partial charge on any atom is -0.494 e. The molecule has 2 N–H and O–H groups in total. The lowest BCUT2D eigenvalue weighted by Crippen LogP contribution is -2.51. The molecule has 1 unspecified atom stereocenters. The molecule has 0 spiro atoms. The molecule has 3 aromatic rings. The maximum Gasteiger partial charge on any atom is 0.407 e. The standard InChI is InChI=1S/C34H38F3N5O6/c1-17-13-19(39-33(45)48-34(3,4)5)16-42(15-17)31-20-7-11-26(47-18(2)43)29(20)38-14-24(31)41-32(44)23-10-8-22(36)30(40-23)27-21(35)9-12-25(46-6)28(27)37/h8-10,12,14,17,19,26H,7,11,13,15-16H2,1-6H3,(H,39,45)(H,41,44)/t17-,19+,26?/m1/s1. The van der Waals surface area contributed by atoms with E-state index >= 15 is 4.39 Å². The lowest BCUT2D eigenvalue weighted by Gasteiger charge is -2.40. The normalized spacial score (nSPS) is 18.9. The van der Waals surface area contributed by atoms with Crippen LogP contribution in [0, 0.1) is 23.4 Å². The molecule has 1 aromatic carbocycles. The number of esters is 1. The van der Waals surface area contributed by atoms with E-state index < -0.39 is 58.4 Å². The van der Waals surface area contributed by atoms with Crippen LogP contribution in [-0.4, -0.2) is 59.8 Å². The number of methoxy groups -OCH3 is 1. The third-order valence-electron chi connectivity index (χ3n) is 7.99. The summed E-state index contributed by atoms with van der Waals surface area (Å²) in [6, 6.07) is 3.69. The Bertz CT molecular complexity index is 1750. The Hall–Kier alpha value is -4.88. The third kappa shape index (κ3) is 7.47. The molecule has 3 atom stereocenters. The van der Waals surface area contributed by atoms with Crippen molar-refractivity contribution in [3.8, 4) is 17.0 Å². The number of piperidine rings is 1. The number of alkyl carbamates (subject to hydrolysis) is 1. The van der Waals surface area contributed by atoms with Gasteiger partial charge in [0.25, 0.3) is 5.91 Å². The van der Waals surface area contributed by atoms with Crippen LogP contribution in [0.25, 0.3) is 11.3 Å². The molecule has 1 saturated heterocycles. The number of hydrogen-bond acceptors (Lipinski definition) is 9. The number of halogens is 3. The molecule has 0 saturated carbocycles. The van der Waals surface area contributed by atoms with Crippen molar-refractivity contribution in [2.24, 2.45) is 5.92 Å². The highest BCUT2D eigenvalue weighted by Crippen LogP contribution is 2.43. The van der Waals surface area contributed by atoms with Gasteiger partial charge < -0.3 is 29.7 Å². The van der Waals surface area contributed by atoms with Crippen LogP contribution in [-0.2, 0) is 20.7 Å². The van der Waals surface area contributed by atoms with E-state index in [4.69, 9.17) is 14.2 Å². The zero-order chi connectivity index (χ0) is 34.9. The number of rotatable bonds is 7. The number of fused-ring (bicyclic) bond motifs is 1. The van der Waals surface area contributed by atoms with E-state index in [0.717, 1.165) is 29.8 Å². The summed E-state index contributed by atoms with van der Waals surface area (Å²) in [6.07, 6.45) is 1.97. The summed E-state index contributed by atoms with van der Waals surface area (Å²) in [6.45, 7) is 9.63. The largest absolute Gasteiger partial charge is 0.494 e. The van der Waals surface area contributed by atoms with Crippen LogP contribution in [0.5, 0.6) is 5.75 Å². The van der Waals surface area contributed by atoms with E-state index in [9.17, 15) is 23.2 Å². The van der Waals surface area contributed by atoms with Crippen LogP contribution in [0.1, 0.15) is 75.3 Å². The smallest absolute Gasteiger partial charge is 0.407 e. The lowest BCUT2D eigenvalue weighted by atomic mass is 9.94. The summed E-state index contributed by atoms with van der Waals surface area (Å²) in [5.41, 5.74) is -0.239. The van der Waals surface area contributed by atoms with Gasteiger partial charge in [-0.15, -0.1) is 0 Å². The highest BCUT2D eigenvalue weighted by molar-refractivity contribution is 6.05. The molecule has 1 fully saturated rings. The van der Waals surface area contributed by atoms with E-state index in [1.54, 1.807) is 20.8 Å². The van der Waals surface area contributed by atoms with Gasteiger partial charge in [0.1, 0.15) is 34.7 Å². The van der Waals surface area contributed by atoms with E-state index in [2.05, 4.69) is 20.6 Å². The van der Waals surface area contributed by atoms with E-state index in [0.29, 0.717) is 49.4 Å². The zero-order valence-electron chi connectivity index (χ0n) is 27.6. The Morgan fingerprint density at radius 2 is 1.77 bits per heavy atom. The Balaban J connectivity index is 1.51. The molecule has 1 aliphatic carbocycles. The molecule has 48 heavy (non-hydrogen) atoms. The van der Waals surface area contributed by atoms with Gasteiger partial charge in [0.15, 0.2) is 11.6 Å². The molecule has 256 valence electrons. The van der Waals surface area contributed by atoms with Gasteiger partial charge in [-0.25, -0.2) is 22.9 Å². The van der Waals surface area contributed by atoms with E-state index in [1.165, 1.54) is 20.2 Å². The second-order valence-electron chi connectivity index (χ2n) is 13.0. The summed E-state index contributed by atoms with van der Waals surface area (Å²) in [5.74, 6) is -4.74. The molecule has 3 heterocycles. The summed E-state index contributed by atoms with van der Waals surface area (Å²) >= 11 is 0. The third-order valence-corrected chi connectivity index (χ3v) is 7.99. The first-order valence-corrected chi connectivity index (χ1v) is 15.6. The average molecular weight is 670 g/mol. The predicted molar refractivity (Wildman–Crippen MR) is 170 cm³/mol. The molecule has 5 rings (SSSR count). The van der Waals surface area contributed by atoms with E-state index in [-0.39, 0.29) is 23.4 Å². The van der Waals surface area contributed by atoms with Crippen molar-refractivity contribution in [3.63, 3.8) is 0 Å². The van der Waals surface area contributed by atoms with Gasteiger partial charge in [-0.1, -0.05) is 6.92 Å². The topological polar surface area (TPSA) is 132 Å². The predicted octanol–water partition coefficient (Wildman–Crippen LogP) is 6.11. The Kier molecular flexibility index (Phi) is 9.83. The van der Waals surface area contributed by atoms with Crippen LogP contribution in [0.2, 0.25) is 0 Å². The van der Waals surface area contributed by atoms with Gasteiger partial charge in [-0.3, -0.25) is 14.6 Å². The van der Waals surface area contributed by atoms with Gasteiger partial charge in [0, 0.05) is 31.6 Å². The number of hydrogen-bond donors (Lipinski definition) is 2. The molecule has 1 aliphatic heterocycles. The molecule has 2 aliphatic rings. The van der Waals surface area contributed by atoms with E-state index in [1.807, 2.05) is 11.8 Å². The number of nitrogens with zero attached hydrogens (tertiary/aromatic N) is 3. The van der Waals surface area contributed by atoms with Crippen molar-refractivity contribution < 1.29 is 41.8 Å². The van der Waals surface area contributed by atoms with Crippen molar-refractivity contribution in [3.05, 3.63) is 64.9 Å². The number of carbonyl (C=O) groups is 3. The fraction of sp³-hybridized carbons (Fsp3) is 0.441. The Labute approximate surface area is 276 Å². The SMILES string of the molecule is COc1ccc(F)c(-c2nc(C(=O)Nc3cnc4c(c3N3C[C@H](C)C[C@H](NC(=O)OC(C)(C)C)C3)CCC4OC(C)=O)ccc2F)c1F. The van der Waals surface area contributed by atoms with Crippen LogP contribution in [0.15, 0.2) is 30.5 Å². The number of ether oxygens (including phenoxy) is 3. The Morgan fingerprint density at radius 3 is 2.46 bits per heavy atom. The summed E-state index contributed by atoms with van der Waals surface area (Å²) in [5, 5.41) is 5.75.